The van der Waals surface area contributed by atoms with E-state index in [2.05, 4.69) is 16.0 Å². The molecule has 13 heteroatoms. The van der Waals surface area contributed by atoms with E-state index in [0.29, 0.717) is 0 Å². The largest absolute Gasteiger partial charge is 0.495 e. The zero-order chi connectivity index (χ0) is 22.5. The summed E-state index contributed by atoms with van der Waals surface area (Å²) in [5.74, 6) is -0.324. The molecule has 0 aromatic heterocycles. The summed E-state index contributed by atoms with van der Waals surface area (Å²) in [7, 11) is 1.39. The van der Waals surface area contributed by atoms with E-state index in [1.54, 1.807) is 12.1 Å². The van der Waals surface area contributed by atoms with E-state index in [4.69, 9.17) is 63.4 Å². The van der Waals surface area contributed by atoms with Gasteiger partial charge in [0, 0.05) is 12.1 Å². The minimum atomic E-state index is -2.00. The van der Waals surface area contributed by atoms with Crippen LogP contribution in [0.1, 0.15) is 10.4 Å². The van der Waals surface area contributed by atoms with Crippen LogP contribution in [0.3, 0.4) is 0 Å². The summed E-state index contributed by atoms with van der Waals surface area (Å²) in [5, 5.41) is 19.0. The second-order valence-electron chi connectivity index (χ2n) is 5.67. The Morgan fingerprint density at radius 2 is 1.87 bits per heavy atom. The molecule has 1 amide bonds. The Labute approximate surface area is 196 Å². The van der Waals surface area contributed by atoms with Gasteiger partial charge in [0.2, 0.25) is 3.79 Å². The number of thiocarbonyl (C=S) groups is 1. The lowest BCUT2D eigenvalue weighted by Gasteiger charge is -2.28. The van der Waals surface area contributed by atoms with Crippen LogP contribution in [0, 0.1) is 10.1 Å². The van der Waals surface area contributed by atoms with Gasteiger partial charge in [0.05, 0.1) is 28.3 Å². The summed E-state index contributed by atoms with van der Waals surface area (Å²) in [6.45, 7) is 0. The van der Waals surface area contributed by atoms with Crippen LogP contribution in [0.4, 0.5) is 11.4 Å². The van der Waals surface area contributed by atoms with E-state index in [0.717, 1.165) is 0 Å². The molecule has 0 saturated heterocycles. The molecule has 0 unspecified atom stereocenters. The smallest absolute Gasteiger partial charge is 0.271 e. The fourth-order valence-electron chi connectivity index (χ4n) is 2.25. The number of methoxy groups -OCH3 is 1. The highest BCUT2D eigenvalue weighted by molar-refractivity contribution is 7.80. The van der Waals surface area contributed by atoms with Gasteiger partial charge >= 0.3 is 0 Å². The second-order valence-corrected chi connectivity index (χ2v) is 8.85. The summed E-state index contributed by atoms with van der Waals surface area (Å²) in [6.07, 6.45) is -1.27. The number of nitro benzene ring substituents is 1. The lowest BCUT2D eigenvalue weighted by molar-refractivity contribution is -0.384. The highest BCUT2D eigenvalue weighted by Crippen LogP contribution is 2.31. The van der Waals surface area contributed by atoms with Gasteiger partial charge in [-0.1, -0.05) is 58.5 Å². The fraction of sp³-hybridized carbons (Fsp3) is 0.176. The van der Waals surface area contributed by atoms with E-state index in [-0.39, 0.29) is 32.8 Å². The van der Waals surface area contributed by atoms with Crippen molar-refractivity contribution in [3.05, 3.63) is 63.2 Å². The van der Waals surface area contributed by atoms with Crippen molar-refractivity contribution in [3.8, 4) is 5.75 Å². The number of nitrogens with one attached hydrogen (secondary N) is 3. The van der Waals surface area contributed by atoms with E-state index in [1.165, 1.54) is 37.4 Å². The minimum absolute atomic E-state index is 0.0930. The number of nitrogens with zero attached hydrogens (tertiary/aromatic N) is 1. The number of hydrogen-bond acceptors (Lipinski definition) is 5. The first kappa shape index (κ1) is 24.2. The molecule has 0 saturated carbocycles. The van der Waals surface area contributed by atoms with Crippen LogP contribution < -0.4 is 20.7 Å². The average molecular weight is 512 g/mol. The molecule has 2 aromatic rings. The zero-order valence-electron chi connectivity index (χ0n) is 15.1. The fourth-order valence-corrected chi connectivity index (χ4v) is 3.03. The number of alkyl halides is 3. The number of anilines is 1. The Kier molecular flexibility index (Phi) is 8.34. The third-order valence-electron chi connectivity index (χ3n) is 3.64. The highest BCUT2D eigenvalue weighted by Gasteiger charge is 2.35. The van der Waals surface area contributed by atoms with Crippen molar-refractivity contribution in [3.63, 3.8) is 0 Å². The summed E-state index contributed by atoms with van der Waals surface area (Å²) >= 11 is 29.1. The topological polar surface area (TPSA) is 106 Å². The predicted molar refractivity (Wildman–Crippen MR) is 122 cm³/mol. The monoisotopic (exact) mass is 510 g/mol. The molecule has 2 rings (SSSR count). The molecule has 0 radical (unpaired) electrons. The number of nitro groups is 1. The maximum Gasteiger partial charge on any atom is 0.271 e. The Morgan fingerprint density at radius 1 is 1.20 bits per heavy atom. The van der Waals surface area contributed by atoms with Crippen LogP contribution in [0.25, 0.3) is 0 Å². The Hall–Kier alpha value is -2.04. The molecule has 0 aliphatic rings. The van der Waals surface area contributed by atoms with E-state index >= 15 is 0 Å². The van der Waals surface area contributed by atoms with Crippen molar-refractivity contribution in [1.82, 2.24) is 10.6 Å². The van der Waals surface area contributed by atoms with Gasteiger partial charge in [-0.15, -0.1) is 0 Å². The summed E-state index contributed by atoms with van der Waals surface area (Å²) < 4.78 is 3.15. The van der Waals surface area contributed by atoms with Gasteiger partial charge < -0.3 is 20.7 Å². The number of amides is 1. The molecule has 30 heavy (non-hydrogen) atoms. The summed E-state index contributed by atoms with van der Waals surface area (Å²) in [6, 6.07) is 10.2. The molecule has 2 aromatic carbocycles. The van der Waals surface area contributed by atoms with Gasteiger partial charge in [0.1, 0.15) is 11.9 Å². The van der Waals surface area contributed by atoms with E-state index in [1.807, 2.05) is 0 Å². The zero-order valence-corrected chi connectivity index (χ0v) is 19.0. The molecule has 0 heterocycles. The second kappa shape index (κ2) is 10.3. The normalized spacial score (nSPS) is 11.9. The van der Waals surface area contributed by atoms with Crippen molar-refractivity contribution in [2.75, 3.05) is 12.4 Å². The number of hydrogen-bond donors (Lipinski definition) is 3. The maximum atomic E-state index is 12.5. The number of carbonyl (C=O) groups is 1. The quantitative estimate of drug-likeness (QED) is 0.170. The van der Waals surface area contributed by atoms with Gasteiger partial charge in [-0.3, -0.25) is 14.9 Å². The molecule has 0 bridgehead atoms. The molecular weight excluding hydrogens is 498 g/mol. The van der Waals surface area contributed by atoms with Crippen molar-refractivity contribution < 1.29 is 14.5 Å². The van der Waals surface area contributed by atoms with Crippen LogP contribution in [-0.4, -0.2) is 33.0 Å². The third kappa shape index (κ3) is 6.48. The molecular formula is C17H14Cl4N4O4S. The van der Waals surface area contributed by atoms with E-state index < -0.39 is 20.8 Å². The number of rotatable bonds is 6. The Balaban J connectivity index is 2.19. The third-order valence-corrected chi connectivity index (χ3v) is 4.84. The average Bonchev–Trinajstić information content (AvgIpc) is 2.66. The Morgan fingerprint density at radius 3 is 2.43 bits per heavy atom. The first-order valence-electron chi connectivity index (χ1n) is 8.05. The lowest BCUT2D eigenvalue weighted by Crippen LogP contribution is -2.56. The van der Waals surface area contributed by atoms with Gasteiger partial charge in [-0.05, 0) is 30.4 Å². The van der Waals surface area contributed by atoms with Gasteiger partial charge in [-0.25, -0.2) is 0 Å². The van der Waals surface area contributed by atoms with Crippen LogP contribution in [0.5, 0.6) is 5.75 Å². The van der Waals surface area contributed by atoms with Gasteiger partial charge in [0.25, 0.3) is 11.6 Å². The number of non-ortho nitro benzene ring substituents is 1. The van der Waals surface area contributed by atoms with Gasteiger partial charge in [0.15, 0.2) is 5.11 Å². The first-order valence-corrected chi connectivity index (χ1v) is 9.97. The molecule has 0 fully saturated rings. The summed E-state index contributed by atoms with van der Waals surface area (Å²) in [5.41, 5.74) is 0.176. The first-order chi connectivity index (χ1) is 14.0. The SMILES string of the molecule is COc1ccc([N+](=O)[O-])cc1NC(=S)N[C@H](NC(=O)c1ccccc1Cl)C(Cl)(Cl)Cl. The van der Waals surface area contributed by atoms with Crippen LogP contribution in [0.2, 0.25) is 5.02 Å². The van der Waals surface area contributed by atoms with Crippen molar-refractivity contribution in [1.29, 1.82) is 0 Å². The number of ether oxygens (including phenoxy) is 1. The lowest BCUT2D eigenvalue weighted by atomic mass is 10.2. The van der Waals surface area contributed by atoms with Crippen LogP contribution in [-0.2, 0) is 0 Å². The molecule has 160 valence electrons. The molecule has 0 aliphatic heterocycles. The molecule has 1 atom stereocenters. The molecule has 8 nitrogen and oxygen atoms in total. The maximum absolute atomic E-state index is 12.5. The van der Waals surface area contributed by atoms with Crippen molar-refractivity contribution >= 4 is 81.0 Å². The molecule has 3 N–H and O–H groups in total. The number of halogens is 4. The van der Waals surface area contributed by atoms with Crippen molar-refractivity contribution in [2.24, 2.45) is 0 Å². The van der Waals surface area contributed by atoms with Crippen molar-refractivity contribution in [2.45, 2.75) is 9.96 Å². The van der Waals surface area contributed by atoms with E-state index in [9.17, 15) is 14.9 Å². The summed E-state index contributed by atoms with van der Waals surface area (Å²) in [4.78, 5) is 22.9. The number of benzene rings is 2. The van der Waals surface area contributed by atoms with Crippen LogP contribution >= 0.6 is 58.6 Å². The van der Waals surface area contributed by atoms with Crippen LogP contribution in [0.15, 0.2) is 42.5 Å². The Bertz CT molecular complexity index is 971. The molecule has 0 aliphatic carbocycles. The standard InChI is InChI=1S/C17H14Cl4N4O4S/c1-29-13-7-6-9(25(27)28)8-12(13)22-16(30)24-15(17(19,20)21)23-14(26)10-4-2-3-5-11(10)18/h2-8,15H,1H3,(H,23,26)(H2,22,24,30)/t15-/m0/s1. The number of carbonyl (C=O) groups excluding carboxylic acids is 1. The highest BCUT2D eigenvalue weighted by atomic mass is 35.6. The predicted octanol–water partition coefficient (Wildman–Crippen LogP) is 4.67. The minimum Gasteiger partial charge on any atom is -0.495 e. The van der Waals surface area contributed by atoms with Gasteiger partial charge in [-0.2, -0.15) is 0 Å². The molecule has 0 spiro atoms.